The number of hydrogen-bond acceptors (Lipinski definition) is 6. The van der Waals surface area contributed by atoms with Gasteiger partial charge in [0.25, 0.3) is 5.91 Å². The van der Waals surface area contributed by atoms with Crippen LogP contribution < -0.4 is 11.1 Å². The van der Waals surface area contributed by atoms with Crippen LogP contribution in [-0.4, -0.2) is 40.2 Å². The number of nitrogens with two attached hydrogens (primary N) is 1. The fourth-order valence-electron chi connectivity index (χ4n) is 1.34. The molecule has 0 saturated heterocycles. The molecule has 1 aromatic heterocycles. The molecule has 0 saturated carbocycles. The Balaban J connectivity index is 2.17. The number of amidine groups is 2. The van der Waals surface area contributed by atoms with Gasteiger partial charge in [-0.1, -0.05) is 11.8 Å². The number of halogens is 1. The normalized spacial score (nSPS) is 16.4. The average molecular weight is 386 g/mol. The van der Waals surface area contributed by atoms with E-state index in [2.05, 4.69) is 31.2 Å². The quantitative estimate of drug-likeness (QED) is 0.683. The minimum absolute atomic E-state index is 0.0425. The van der Waals surface area contributed by atoms with Crippen molar-refractivity contribution in [1.82, 2.24) is 5.32 Å². The van der Waals surface area contributed by atoms with Crippen LogP contribution in [0.3, 0.4) is 0 Å². The van der Waals surface area contributed by atoms with E-state index in [1.54, 1.807) is 0 Å². The second-order valence-corrected chi connectivity index (χ2v) is 5.59. The molecule has 22 heavy (non-hydrogen) atoms. The molecule has 0 aromatic carbocycles. The van der Waals surface area contributed by atoms with Crippen molar-refractivity contribution in [2.24, 2.45) is 15.7 Å². The number of primary amides is 1. The molecule has 2 rings (SSSR count). The number of amides is 3. The highest BCUT2D eigenvalue weighted by atomic mass is 79.9. The average Bonchev–Trinajstić information content (AvgIpc) is 2.87. The number of furan rings is 1. The predicted octanol–water partition coefficient (Wildman–Crippen LogP) is 0.305. The van der Waals surface area contributed by atoms with Crippen molar-refractivity contribution in [3.63, 3.8) is 0 Å². The first kappa shape index (κ1) is 16.1. The molecule has 1 aromatic rings. The molecular weight excluding hydrogens is 378 g/mol. The van der Waals surface area contributed by atoms with Crippen molar-refractivity contribution in [2.75, 3.05) is 5.75 Å². The van der Waals surface area contributed by atoms with Crippen LogP contribution >= 0.6 is 27.7 Å². The lowest BCUT2D eigenvalue weighted by Gasteiger charge is -2.13. The first-order valence-electron chi connectivity index (χ1n) is 5.65. The monoisotopic (exact) mass is 385 g/mol. The summed E-state index contributed by atoms with van der Waals surface area (Å²) in [4.78, 5) is 41.6. The van der Waals surface area contributed by atoms with E-state index >= 15 is 0 Å². The van der Waals surface area contributed by atoms with Gasteiger partial charge in [-0.25, -0.2) is 4.99 Å². The lowest BCUT2D eigenvalue weighted by Crippen LogP contribution is -2.43. The van der Waals surface area contributed by atoms with E-state index in [9.17, 15) is 14.4 Å². The van der Waals surface area contributed by atoms with E-state index in [1.165, 1.54) is 12.1 Å². The Morgan fingerprint density at radius 1 is 1.50 bits per heavy atom. The molecule has 0 spiro atoms. The maximum Gasteiger partial charge on any atom is 0.313 e. The van der Waals surface area contributed by atoms with Crippen molar-refractivity contribution in [1.29, 1.82) is 5.41 Å². The highest BCUT2D eigenvalue weighted by molar-refractivity contribution is 9.10. The molecule has 0 radical (unpaired) electrons. The minimum Gasteiger partial charge on any atom is -0.444 e. The topological polar surface area (TPSA) is 151 Å². The number of aliphatic imine (C=N–C) groups is 2. The van der Waals surface area contributed by atoms with Crippen LogP contribution in [-0.2, 0) is 9.59 Å². The van der Waals surface area contributed by atoms with Crippen LogP contribution in [0.1, 0.15) is 10.6 Å². The Hall–Kier alpha value is -2.27. The zero-order valence-electron chi connectivity index (χ0n) is 10.8. The Labute approximate surface area is 136 Å². The smallest absolute Gasteiger partial charge is 0.313 e. The Morgan fingerprint density at radius 3 is 2.77 bits per heavy atom. The number of thioether (sulfide) groups is 1. The standard InChI is InChI=1S/C11H8BrN5O4S/c12-5-2-1-4(21-5)9(19)15-7-8(14)16-11(17-10(7)20)22-3-6(13)18/h1-2H,3H2,(H2,13,18)(H2,14,16,17,20). The number of hydrogen-bond donors (Lipinski definition) is 3. The molecule has 0 bridgehead atoms. The first-order valence-corrected chi connectivity index (χ1v) is 7.43. The van der Waals surface area contributed by atoms with Crippen molar-refractivity contribution >= 4 is 62.1 Å². The van der Waals surface area contributed by atoms with Crippen molar-refractivity contribution in [2.45, 2.75) is 0 Å². The van der Waals surface area contributed by atoms with Crippen LogP contribution in [0.2, 0.25) is 0 Å². The molecule has 11 heteroatoms. The SMILES string of the molecule is N=C1N=C(SCC(N)=O)NC(=O)C1=NC(=O)c1ccc(Br)o1. The van der Waals surface area contributed by atoms with Gasteiger partial charge in [-0.05, 0) is 28.1 Å². The number of nitrogens with zero attached hydrogens (tertiary/aromatic N) is 2. The molecule has 1 aliphatic heterocycles. The maximum absolute atomic E-state index is 11.8. The molecule has 0 atom stereocenters. The highest BCUT2D eigenvalue weighted by Gasteiger charge is 2.26. The van der Waals surface area contributed by atoms with Crippen LogP contribution in [0.25, 0.3) is 0 Å². The zero-order chi connectivity index (χ0) is 16.3. The summed E-state index contributed by atoms with van der Waals surface area (Å²) in [5.41, 5.74) is 4.53. The Morgan fingerprint density at radius 2 is 2.23 bits per heavy atom. The summed E-state index contributed by atoms with van der Waals surface area (Å²) in [6.45, 7) is 0. The summed E-state index contributed by atoms with van der Waals surface area (Å²) >= 11 is 3.91. The summed E-state index contributed by atoms with van der Waals surface area (Å²) in [5, 5.41) is 10.0. The number of carbonyl (C=O) groups is 3. The van der Waals surface area contributed by atoms with Crippen molar-refractivity contribution in [3.8, 4) is 0 Å². The minimum atomic E-state index is -0.816. The second-order valence-electron chi connectivity index (χ2n) is 3.84. The van der Waals surface area contributed by atoms with Crippen molar-refractivity contribution < 1.29 is 18.8 Å². The number of carbonyl (C=O) groups excluding carboxylic acids is 3. The predicted molar refractivity (Wildman–Crippen MR) is 83.1 cm³/mol. The molecule has 2 heterocycles. The summed E-state index contributed by atoms with van der Waals surface area (Å²) in [7, 11) is 0. The van der Waals surface area contributed by atoms with Gasteiger partial charge in [0.05, 0.1) is 5.75 Å². The molecule has 0 unspecified atom stereocenters. The van der Waals surface area contributed by atoms with Crippen LogP contribution in [0, 0.1) is 5.41 Å². The molecule has 3 amide bonds. The summed E-state index contributed by atoms with van der Waals surface area (Å²) < 4.78 is 5.35. The second kappa shape index (κ2) is 6.66. The molecule has 1 aliphatic rings. The van der Waals surface area contributed by atoms with Crippen molar-refractivity contribution in [3.05, 3.63) is 22.6 Å². The van der Waals surface area contributed by atoms with E-state index in [-0.39, 0.29) is 16.7 Å². The third-order valence-electron chi connectivity index (χ3n) is 2.22. The van der Waals surface area contributed by atoms with Gasteiger partial charge in [0.1, 0.15) is 0 Å². The fraction of sp³-hybridized carbons (Fsp3) is 0.0909. The summed E-state index contributed by atoms with van der Waals surface area (Å²) in [6, 6.07) is 2.87. The van der Waals surface area contributed by atoms with Gasteiger partial charge in [-0.15, -0.1) is 0 Å². The first-order chi connectivity index (χ1) is 10.4. The fourth-order valence-corrected chi connectivity index (χ4v) is 2.25. The van der Waals surface area contributed by atoms with E-state index in [0.717, 1.165) is 11.8 Å². The molecule has 0 aliphatic carbocycles. The third kappa shape index (κ3) is 3.89. The number of nitrogens with one attached hydrogen (secondary N) is 2. The zero-order valence-corrected chi connectivity index (χ0v) is 13.2. The summed E-state index contributed by atoms with van der Waals surface area (Å²) in [5.74, 6) is -2.85. The van der Waals surface area contributed by atoms with Crippen LogP contribution in [0.15, 0.2) is 31.2 Å². The third-order valence-corrected chi connectivity index (χ3v) is 3.54. The van der Waals surface area contributed by atoms with Crippen LogP contribution in [0.4, 0.5) is 0 Å². The maximum atomic E-state index is 11.8. The van der Waals surface area contributed by atoms with Gasteiger partial charge >= 0.3 is 5.91 Å². The lowest BCUT2D eigenvalue weighted by atomic mass is 10.3. The van der Waals surface area contributed by atoms with Gasteiger partial charge < -0.3 is 10.2 Å². The van der Waals surface area contributed by atoms with E-state index in [0.29, 0.717) is 4.67 Å². The molecule has 9 nitrogen and oxygen atoms in total. The molecule has 0 fully saturated rings. The van der Waals surface area contributed by atoms with E-state index in [4.69, 9.17) is 15.6 Å². The molecule has 4 N–H and O–H groups in total. The van der Waals surface area contributed by atoms with Gasteiger partial charge in [-0.2, -0.15) is 4.99 Å². The summed E-state index contributed by atoms with van der Waals surface area (Å²) in [6.07, 6.45) is 0. The highest BCUT2D eigenvalue weighted by Crippen LogP contribution is 2.15. The molecular formula is C11H8BrN5O4S. The van der Waals surface area contributed by atoms with Gasteiger partial charge in [-0.3, -0.25) is 25.1 Å². The van der Waals surface area contributed by atoms with Gasteiger partial charge in [0.2, 0.25) is 5.91 Å². The largest absolute Gasteiger partial charge is 0.444 e. The van der Waals surface area contributed by atoms with E-state index < -0.39 is 29.3 Å². The van der Waals surface area contributed by atoms with Gasteiger partial charge in [0.15, 0.2) is 27.1 Å². The van der Waals surface area contributed by atoms with E-state index in [1.807, 2.05) is 0 Å². The molecule has 114 valence electrons. The lowest BCUT2D eigenvalue weighted by molar-refractivity contribution is -0.115. The number of rotatable bonds is 3. The Kier molecular flexibility index (Phi) is 4.88. The van der Waals surface area contributed by atoms with Crippen LogP contribution in [0.5, 0.6) is 0 Å². The Bertz CT molecular complexity index is 739. The van der Waals surface area contributed by atoms with Gasteiger partial charge in [0, 0.05) is 0 Å².